The van der Waals surface area contributed by atoms with Crippen LogP contribution < -0.4 is 5.32 Å². The van der Waals surface area contributed by atoms with Crippen LogP contribution in [0.4, 0.5) is 10.1 Å². The summed E-state index contributed by atoms with van der Waals surface area (Å²) in [4.78, 5) is 0. The van der Waals surface area contributed by atoms with Gasteiger partial charge < -0.3 is 10.4 Å². The first-order valence-electron chi connectivity index (χ1n) is 6.35. The van der Waals surface area contributed by atoms with Gasteiger partial charge in [-0.25, -0.2) is 4.39 Å². The minimum absolute atomic E-state index is 0.0283. The lowest BCUT2D eigenvalue weighted by Crippen LogP contribution is -2.22. The molecule has 2 N–H and O–H groups in total. The maximum Gasteiger partial charge on any atom is 0.143 e. The van der Waals surface area contributed by atoms with Crippen molar-refractivity contribution in [3.8, 4) is 6.07 Å². The van der Waals surface area contributed by atoms with Crippen LogP contribution in [0.25, 0.3) is 0 Å². The maximum atomic E-state index is 13.4. The lowest BCUT2D eigenvalue weighted by Gasteiger charge is -2.14. The van der Waals surface area contributed by atoms with Gasteiger partial charge in [0.2, 0.25) is 0 Å². The molecule has 2 rings (SSSR count). The Labute approximate surface area is 117 Å². The molecule has 0 aliphatic heterocycles. The molecule has 0 aliphatic carbocycles. The van der Waals surface area contributed by atoms with Crippen LogP contribution in [0.2, 0.25) is 0 Å². The molecular weight excluding hydrogens is 255 g/mol. The molecule has 0 saturated carbocycles. The molecule has 0 aliphatic rings. The molecule has 0 heterocycles. The van der Waals surface area contributed by atoms with Crippen molar-refractivity contribution in [2.75, 3.05) is 11.9 Å². The van der Waals surface area contributed by atoms with Gasteiger partial charge in [0.1, 0.15) is 17.4 Å². The average molecular weight is 270 g/mol. The van der Waals surface area contributed by atoms with Crippen molar-refractivity contribution in [3.63, 3.8) is 0 Å². The van der Waals surface area contributed by atoms with Crippen LogP contribution in [0.5, 0.6) is 0 Å². The number of nitrogens with zero attached hydrogens (tertiary/aromatic N) is 1. The van der Waals surface area contributed by atoms with Gasteiger partial charge >= 0.3 is 0 Å². The molecule has 2 aromatic carbocycles. The Balaban J connectivity index is 1.96. The zero-order valence-corrected chi connectivity index (χ0v) is 10.9. The van der Waals surface area contributed by atoms with Crippen molar-refractivity contribution in [2.24, 2.45) is 0 Å². The zero-order chi connectivity index (χ0) is 14.4. The molecule has 0 fully saturated rings. The number of hydrogen-bond donors (Lipinski definition) is 2. The number of benzene rings is 2. The van der Waals surface area contributed by atoms with Crippen molar-refractivity contribution in [2.45, 2.75) is 12.5 Å². The fourth-order valence-corrected chi connectivity index (χ4v) is 1.97. The number of aliphatic hydroxyl groups is 1. The molecule has 1 atom stereocenters. The van der Waals surface area contributed by atoms with Gasteiger partial charge in [-0.1, -0.05) is 36.4 Å². The van der Waals surface area contributed by atoms with E-state index in [0.717, 1.165) is 5.56 Å². The standard InChI is InChI=1S/C16H15FN2O/c17-15-7-4-8-16(14(15)10-18)19-11-13(20)9-12-5-2-1-3-6-12/h1-8,13,19-20H,9,11H2. The van der Waals surface area contributed by atoms with E-state index in [1.807, 2.05) is 36.4 Å². The van der Waals surface area contributed by atoms with Gasteiger partial charge in [0.25, 0.3) is 0 Å². The second-order valence-electron chi connectivity index (χ2n) is 4.50. The van der Waals surface area contributed by atoms with Gasteiger partial charge in [-0.15, -0.1) is 0 Å². The molecule has 4 heteroatoms. The number of rotatable bonds is 5. The van der Waals surface area contributed by atoms with Crippen LogP contribution in [-0.2, 0) is 6.42 Å². The summed E-state index contributed by atoms with van der Waals surface area (Å²) < 4.78 is 13.4. The van der Waals surface area contributed by atoms with Crippen molar-refractivity contribution in [3.05, 3.63) is 65.5 Å². The summed E-state index contributed by atoms with van der Waals surface area (Å²) in [6.45, 7) is 0.257. The molecule has 102 valence electrons. The Kier molecular flexibility index (Phi) is 4.70. The van der Waals surface area contributed by atoms with Crippen molar-refractivity contribution in [1.29, 1.82) is 5.26 Å². The molecule has 20 heavy (non-hydrogen) atoms. The summed E-state index contributed by atoms with van der Waals surface area (Å²) in [5.41, 5.74) is 1.40. The summed E-state index contributed by atoms with van der Waals surface area (Å²) >= 11 is 0. The third-order valence-corrected chi connectivity index (χ3v) is 2.97. The van der Waals surface area contributed by atoms with E-state index < -0.39 is 11.9 Å². The molecule has 0 bridgehead atoms. The van der Waals surface area contributed by atoms with Crippen molar-refractivity contribution >= 4 is 5.69 Å². The third-order valence-electron chi connectivity index (χ3n) is 2.97. The normalized spacial score (nSPS) is 11.7. The van der Waals surface area contributed by atoms with Gasteiger partial charge in [-0.2, -0.15) is 5.26 Å². The largest absolute Gasteiger partial charge is 0.391 e. The van der Waals surface area contributed by atoms with E-state index in [9.17, 15) is 9.50 Å². The topological polar surface area (TPSA) is 56.0 Å². The highest BCUT2D eigenvalue weighted by Gasteiger charge is 2.10. The second kappa shape index (κ2) is 6.69. The van der Waals surface area contributed by atoms with Crippen LogP contribution in [-0.4, -0.2) is 17.8 Å². The van der Waals surface area contributed by atoms with E-state index >= 15 is 0 Å². The molecule has 0 radical (unpaired) electrons. The highest BCUT2D eigenvalue weighted by Crippen LogP contribution is 2.17. The average Bonchev–Trinajstić information content (AvgIpc) is 2.46. The molecule has 0 aromatic heterocycles. The summed E-state index contributed by atoms with van der Waals surface area (Å²) in [7, 11) is 0. The SMILES string of the molecule is N#Cc1c(F)cccc1NCC(O)Cc1ccccc1. The van der Waals surface area contributed by atoms with Crippen molar-refractivity contribution in [1.82, 2.24) is 0 Å². The summed E-state index contributed by atoms with van der Waals surface area (Å²) in [6.07, 6.45) is -0.0994. The van der Waals surface area contributed by atoms with E-state index in [2.05, 4.69) is 5.32 Å². The molecule has 1 unspecified atom stereocenters. The molecule has 0 saturated heterocycles. The first-order valence-corrected chi connectivity index (χ1v) is 6.35. The quantitative estimate of drug-likeness (QED) is 0.878. The zero-order valence-electron chi connectivity index (χ0n) is 10.9. The first-order chi connectivity index (χ1) is 9.70. The Morgan fingerprint density at radius 1 is 1.15 bits per heavy atom. The number of halogens is 1. The summed E-state index contributed by atoms with van der Waals surface area (Å²) in [6, 6.07) is 15.8. The third kappa shape index (κ3) is 3.56. The smallest absolute Gasteiger partial charge is 0.143 e. The monoisotopic (exact) mass is 270 g/mol. The van der Waals surface area contributed by atoms with Gasteiger partial charge in [0, 0.05) is 13.0 Å². The molecule has 0 spiro atoms. The number of hydrogen-bond acceptors (Lipinski definition) is 3. The molecule has 3 nitrogen and oxygen atoms in total. The number of nitriles is 1. The molecular formula is C16H15FN2O. The Morgan fingerprint density at radius 2 is 1.90 bits per heavy atom. The van der Waals surface area contributed by atoms with Gasteiger partial charge in [0.15, 0.2) is 0 Å². The number of nitrogens with one attached hydrogen (secondary N) is 1. The predicted octanol–water partition coefficient (Wildman–Crippen LogP) is 2.71. The minimum Gasteiger partial charge on any atom is -0.391 e. The predicted molar refractivity (Wildman–Crippen MR) is 75.8 cm³/mol. The number of aliphatic hydroxyl groups excluding tert-OH is 1. The van der Waals surface area contributed by atoms with Crippen molar-refractivity contribution < 1.29 is 9.50 Å². The fraction of sp³-hybridized carbons (Fsp3) is 0.188. The summed E-state index contributed by atoms with van der Waals surface area (Å²) in [5.74, 6) is -0.560. The van der Waals surface area contributed by atoms with Crippen LogP contribution in [0.1, 0.15) is 11.1 Å². The maximum absolute atomic E-state index is 13.4. The van der Waals surface area contributed by atoms with E-state index in [1.54, 1.807) is 6.07 Å². The lowest BCUT2D eigenvalue weighted by atomic mass is 10.1. The van der Waals surface area contributed by atoms with Gasteiger partial charge in [-0.05, 0) is 17.7 Å². The first kappa shape index (κ1) is 14.0. The van der Waals surface area contributed by atoms with Crippen LogP contribution in [0.3, 0.4) is 0 Å². The summed E-state index contributed by atoms with van der Waals surface area (Å²) in [5, 5.41) is 21.8. The lowest BCUT2D eigenvalue weighted by molar-refractivity contribution is 0.188. The van der Waals surface area contributed by atoms with Gasteiger partial charge in [-0.3, -0.25) is 0 Å². The van der Waals surface area contributed by atoms with Gasteiger partial charge in [0.05, 0.1) is 11.8 Å². The van der Waals surface area contributed by atoms with Crippen LogP contribution in [0.15, 0.2) is 48.5 Å². The van der Waals surface area contributed by atoms with Crippen LogP contribution >= 0.6 is 0 Å². The highest BCUT2D eigenvalue weighted by atomic mass is 19.1. The van der Waals surface area contributed by atoms with E-state index in [4.69, 9.17) is 5.26 Å². The van der Waals surface area contributed by atoms with E-state index in [1.165, 1.54) is 12.1 Å². The highest BCUT2D eigenvalue weighted by molar-refractivity contribution is 5.57. The number of anilines is 1. The Hall–Kier alpha value is -2.38. The Morgan fingerprint density at radius 3 is 2.60 bits per heavy atom. The second-order valence-corrected chi connectivity index (χ2v) is 4.50. The molecule has 2 aromatic rings. The van der Waals surface area contributed by atoms with E-state index in [-0.39, 0.29) is 12.1 Å². The Bertz CT molecular complexity index is 608. The molecule has 0 amide bonds. The van der Waals surface area contributed by atoms with E-state index in [0.29, 0.717) is 12.1 Å². The minimum atomic E-state index is -0.604. The van der Waals surface area contributed by atoms with Crippen LogP contribution in [0, 0.1) is 17.1 Å². The fourth-order valence-electron chi connectivity index (χ4n) is 1.97.